The molecule has 2 aliphatic rings. The highest BCUT2D eigenvalue weighted by atomic mass is 32.1. The first-order chi connectivity index (χ1) is 9.24. The van der Waals surface area contributed by atoms with E-state index in [9.17, 15) is 0 Å². The monoisotopic (exact) mass is 278 g/mol. The number of piperidine rings is 1. The van der Waals surface area contributed by atoms with Crippen LogP contribution in [0.2, 0.25) is 0 Å². The summed E-state index contributed by atoms with van der Waals surface area (Å²) in [6.07, 6.45) is 9.42. The molecular weight excluding hydrogens is 252 g/mol. The zero-order valence-electron chi connectivity index (χ0n) is 12.0. The van der Waals surface area contributed by atoms with Crippen LogP contribution in [0.5, 0.6) is 0 Å². The van der Waals surface area contributed by atoms with Gasteiger partial charge in [0.25, 0.3) is 0 Å². The van der Waals surface area contributed by atoms with E-state index in [0.29, 0.717) is 0 Å². The maximum atomic E-state index is 6.78. The fraction of sp³-hybridized carbons (Fsp3) is 0.750. The first kappa shape index (κ1) is 13.6. The van der Waals surface area contributed by atoms with Gasteiger partial charge in [-0.3, -0.25) is 4.90 Å². The average molecular weight is 278 g/mol. The summed E-state index contributed by atoms with van der Waals surface area (Å²) in [6, 6.07) is 2.47. The van der Waals surface area contributed by atoms with Gasteiger partial charge in [-0.25, -0.2) is 0 Å². The molecule has 3 heteroatoms. The maximum absolute atomic E-state index is 6.78. The lowest BCUT2D eigenvalue weighted by Gasteiger charge is -2.47. The van der Waals surface area contributed by atoms with Crippen molar-refractivity contribution in [2.75, 3.05) is 13.1 Å². The van der Waals surface area contributed by atoms with Crippen LogP contribution >= 0.6 is 11.3 Å². The molecule has 1 saturated carbocycles. The van der Waals surface area contributed by atoms with Gasteiger partial charge in [0.2, 0.25) is 0 Å². The summed E-state index contributed by atoms with van der Waals surface area (Å²) in [6.45, 7) is 4.74. The van der Waals surface area contributed by atoms with Crippen molar-refractivity contribution in [3.05, 3.63) is 21.9 Å². The standard InChI is InChI=1S/C16H26N2S/c1-13-14(7-12-19-13)15(17)16(8-3-4-9-16)18-10-5-2-6-11-18/h7,12,15H,2-6,8-11,17H2,1H3. The lowest BCUT2D eigenvalue weighted by molar-refractivity contribution is 0.0477. The smallest absolute Gasteiger partial charge is 0.0493 e. The normalized spacial score (nSPS) is 25.6. The van der Waals surface area contributed by atoms with Crippen LogP contribution in [-0.4, -0.2) is 23.5 Å². The Bertz CT molecular complexity index is 414. The van der Waals surface area contributed by atoms with Crippen LogP contribution in [0.15, 0.2) is 11.4 Å². The maximum Gasteiger partial charge on any atom is 0.0493 e. The SMILES string of the molecule is Cc1sccc1C(N)C1(N2CCCCC2)CCCC1. The van der Waals surface area contributed by atoms with Gasteiger partial charge in [-0.05, 0) is 62.7 Å². The summed E-state index contributed by atoms with van der Waals surface area (Å²) in [4.78, 5) is 4.15. The van der Waals surface area contributed by atoms with E-state index in [2.05, 4.69) is 23.3 Å². The molecule has 1 aromatic heterocycles. The van der Waals surface area contributed by atoms with Crippen LogP contribution in [-0.2, 0) is 0 Å². The van der Waals surface area contributed by atoms with Gasteiger partial charge < -0.3 is 5.73 Å². The fourth-order valence-corrected chi connectivity index (χ4v) is 4.91. The van der Waals surface area contributed by atoms with Crippen molar-refractivity contribution in [3.63, 3.8) is 0 Å². The molecule has 1 aromatic rings. The van der Waals surface area contributed by atoms with Crippen molar-refractivity contribution in [2.24, 2.45) is 5.73 Å². The number of thiophene rings is 1. The minimum atomic E-state index is 0.208. The minimum Gasteiger partial charge on any atom is -0.322 e. The molecule has 1 aliphatic carbocycles. The summed E-state index contributed by atoms with van der Waals surface area (Å²) in [5.74, 6) is 0. The van der Waals surface area contributed by atoms with Crippen LogP contribution in [0, 0.1) is 6.92 Å². The highest BCUT2D eigenvalue weighted by Crippen LogP contribution is 2.45. The van der Waals surface area contributed by atoms with E-state index >= 15 is 0 Å². The zero-order valence-corrected chi connectivity index (χ0v) is 12.8. The Balaban J connectivity index is 1.89. The number of rotatable bonds is 3. The summed E-state index contributed by atoms with van der Waals surface area (Å²) < 4.78 is 0. The molecule has 0 spiro atoms. The Morgan fingerprint density at radius 1 is 1.16 bits per heavy atom. The van der Waals surface area contributed by atoms with Crippen LogP contribution in [0.25, 0.3) is 0 Å². The van der Waals surface area contributed by atoms with Gasteiger partial charge in [0.15, 0.2) is 0 Å². The van der Waals surface area contributed by atoms with E-state index in [1.54, 1.807) is 0 Å². The topological polar surface area (TPSA) is 29.3 Å². The lowest BCUT2D eigenvalue weighted by Crippen LogP contribution is -2.55. The largest absolute Gasteiger partial charge is 0.322 e. The van der Waals surface area contributed by atoms with Crippen molar-refractivity contribution < 1.29 is 0 Å². The third-order valence-electron chi connectivity index (χ3n) is 5.27. The van der Waals surface area contributed by atoms with Crippen molar-refractivity contribution in [3.8, 4) is 0 Å². The molecule has 2 fully saturated rings. The second-order valence-electron chi connectivity index (χ2n) is 6.27. The van der Waals surface area contributed by atoms with Crippen molar-refractivity contribution >= 4 is 11.3 Å². The van der Waals surface area contributed by atoms with Crippen molar-refractivity contribution in [2.45, 2.75) is 63.5 Å². The third kappa shape index (κ3) is 2.37. The molecular formula is C16H26N2S. The number of likely N-dealkylation sites (tertiary alicyclic amines) is 1. The van der Waals surface area contributed by atoms with Gasteiger partial charge in [0, 0.05) is 16.5 Å². The molecule has 0 aromatic carbocycles. The molecule has 1 aliphatic heterocycles. The summed E-state index contributed by atoms with van der Waals surface area (Å²) >= 11 is 1.84. The van der Waals surface area contributed by atoms with Gasteiger partial charge in [0.05, 0.1) is 0 Å². The Labute approximate surface area is 121 Å². The van der Waals surface area contributed by atoms with E-state index in [-0.39, 0.29) is 11.6 Å². The van der Waals surface area contributed by atoms with Crippen LogP contribution in [0.3, 0.4) is 0 Å². The average Bonchev–Trinajstić information content (AvgIpc) is 3.08. The van der Waals surface area contributed by atoms with Gasteiger partial charge >= 0.3 is 0 Å². The van der Waals surface area contributed by atoms with E-state index in [1.807, 2.05) is 11.3 Å². The number of hydrogen-bond donors (Lipinski definition) is 1. The first-order valence-corrected chi connectivity index (χ1v) is 8.67. The minimum absolute atomic E-state index is 0.208. The predicted octanol–water partition coefficient (Wildman–Crippen LogP) is 3.86. The molecule has 1 saturated heterocycles. The summed E-state index contributed by atoms with van der Waals surface area (Å²) in [5, 5.41) is 2.20. The fourth-order valence-electron chi connectivity index (χ4n) is 4.16. The van der Waals surface area contributed by atoms with Crippen molar-refractivity contribution in [1.29, 1.82) is 0 Å². The second kappa shape index (κ2) is 5.55. The molecule has 3 rings (SSSR count). The van der Waals surface area contributed by atoms with Crippen molar-refractivity contribution in [1.82, 2.24) is 4.90 Å². The Hall–Kier alpha value is -0.380. The lowest BCUT2D eigenvalue weighted by atomic mass is 9.81. The van der Waals surface area contributed by atoms with Crippen LogP contribution < -0.4 is 5.73 Å². The second-order valence-corrected chi connectivity index (χ2v) is 7.39. The highest BCUT2D eigenvalue weighted by molar-refractivity contribution is 7.10. The molecule has 19 heavy (non-hydrogen) atoms. The van der Waals surface area contributed by atoms with Gasteiger partial charge in [-0.15, -0.1) is 11.3 Å². The summed E-state index contributed by atoms with van der Waals surface area (Å²) in [5.41, 5.74) is 8.43. The van der Waals surface area contributed by atoms with Crippen LogP contribution in [0.4, 0.5) is 0 Å². The van der Waals surface area contributed by atoms with E-state index in [0.717, 1.165) is 0 Å². The molecule has 2 heterocycles. The van der Waals surface area contributed by atoms with E-state index in [1.165, 1.54) is 68.5 Å². The number of aryl methyl sites for hydroxylation is 1. The molecule has 2 nitrogen and oxygen atoms in total. The quantitative estimate of drug-likeness (QED) is 0.910. The molecule has 1 unspecified atom stereocenters. The molecule has 0 amide bonds. The molecule has 1 atom stereocenters. The molecule has 0 radical (unpaired) electrons. The first-order valence-electron chi connectivity index (χ1n) is 7.79. The van der Waals surface area contributed by atoms with E-state index in [4.69, 9.17) is 5.73 Å². The predicted molar refractivity (Wildman–Crippen MR) is 82.6 cm³/mol. The molecule has 106 valence electrons. The van der Waals surface area contributed by atoms with Crippen LogP contribution in [0.1, 0.15) is 61.4 Å². The summed E-state index contributed by atoms with van der Waals surface area (Å²) in [7, 11) is 0. The Morgan fingerprint density at radius 2 is 1.84 bits per heavy atom. The number of hydrogen-bond acceptors (Lipinski definition) is 3. The molecule has 2 N–H and O–H groups in total. The third-order valence-corrected chi connectivity index (χ3v) is 6.13. The highest BCUT2D eigenvalue weighted by Gasteiger charge is 2.45. The van der Waals surface area contributed by atoms with Gasteiger partial charge in [-0.2, -0.15) is 0 Å². The Morgan fingerprint density at radius 3 is 2.42 bits per heavy atom. The van der Waals surface area contributed by atoms with Gasteiger partial charge in [-0.1, -0.05) is 19.3 Å². The van der Waals surface area contributed by atoms with Gasteiger partial charge in [0.1, 0.15) is 0 Å². The zero-order chi connectivity index (χ0) is 13.3. The number of nitrogens with zero attached hydrogens (tertiary/aromatic N) is 1. The van der Waals surface area contributed by atoms with E-state index < -0.39 is 0 Å². The number of nitrogens with two attached hydrogens (primary N) is 1. The molecule has 0 bridgehead atoms. The Kier molecular flexibility index (Phi) is 3.97.